The molecule has 1 N–H and O–H groups in total. The average Bonchev–Trinajstić information content (AvgIpc) is 3.45. The Morgan fingerprint density at radius 3 is 2.56 bits per heavy atom. The Morgan fingerprint density at radius 2 is 1.91 bits per heavy atom. The van der Waals surface area contributed by atoms with Gasteiger partial charge in [0, 0.05) is 14.1 Å². The summed E-state index contributed by atoms with van der Waals surface area (Å²) in [6.07, 6.45) is 1.37. The highest BCUT2D eigenvalue weighted by Gasteiger charge is 2.27. The molecule has 3 rings (SSSR count). The van der Waals surface area contributed by atoms with Gasteiger partial charge in [0.05, 0.1) is 28.3 Å². The highest BCUT2D eigenvalue weighted by molar-refractivity contribution is 7.18. The molecule has 34 heavy (non-hydrogen) atoms. The number of tetrazole rings is 1. The van der Waals surface area contributed by atoms with Crippen LogP contribution >= 0.6 is 11.3 Å². The average molecular weight is 487 g/mol. The Hall–Kier alpha value is -4.13. The number of nitrogens with one attached hydrogen (secondary N) is 1. The van der Waals surface area contributed by atoms with Crippen LogP contribution in [0.15, 0.2) is 30.6 Å². The minimum Gasteiger partial charge on any atom is -0.462 e. The number of carbonyl (C=O) groups excluding carboxylic acids is 4. The Bertz CT molecular complexity index is 1220. The maximum Gasteiger partial charge on any atom is 0.341 e. The summed E-state index contributed by atoms with van der Waals surface area (Å²) < 4.78 is 11.5. The van der Waals surface area contributed by atoms with Crippen molar-refractivity contribution in [1.29, 1.82) is 0 Å². The molecule has 0 saturated heterocycles. The van der Waals surface area contributed by atoms with Crippen LogP contribution in [0.2, 0.25) is 0 Å². The molecular formula is C21H22N6O6S. The van der Waals surface area contributed by atoms with Crippen LogP contribution in [0, 0.1) is 6.92 Å². The van der Waals surface area contributed by atoms with Gasteiger partial charge in [-0.15, -0.1) is 16.4 Å². The molecule has 0 fully saturated rings. The van der Waals surface area contributed by atoms with Crippen molar-refractivity contribution in [2.75, 3.05) is 32.6 Å². The second kappa shape index (κ2) is 10.7. The monoisotopic (exact) mass is 486 g/mol. The maximum absolute atomic E-state index is 12.5. The molecule has 0 aliphatic heterocycles. The van der Waals surface area contributed by atoms with Gasteiger partial charge in [0.2, 0.25) is 0 Å². The highest BCUT2D eigenvalue weighted by atomic mass is 32.1. The summed E-state index contributed by atoms with van der Waals surface area (Å²) in [6.45, 7) is 2.77. The molecule has 0 bridgehead atoms. The lowest BCUT2D eigenvalue weighted by Crippen LogP contribution is -2.22. The van der Waals surface area contributed by atoms with Gasteiger partial charge in [-0.2, -0.15) is 0 Å². The molecule has 2 aromatic heterocycles. The number of hydrogen-bond donors (Lipinski definition) is 1. The van der Waals surface area contributed by atoms with Crippen molar-refractivity contribution in [3.05, 3.63) is 52.2 Å². The molecule has 2 heterocycles. The van der Waals surface area contributed by atoms with Gasteiger partial charge in [-0.25, -0.2) is 14.3 Å². The minimum atomic E-state index is -0.735. The number of rotatable bonds is 8. The third-order valence-electron chi connectivity index (χ3n) is 4.51. The Balaban J connectivity index is 1.72. The predicted molar refractivity (Wildman–Crippen MR) is 121 cm³/mol. The van der Waals surface area contributed by atoms with E-state index in [9.17, 15) is 19.2 Å². The van der Waals surface area contributed by atoms with Crippen molar-refractivity contribution >= 4 is 40.1 Å². The van der Waals surface area contributed by atoms with E-state index < -0.39 is 24.5 Å². The zero-order chi connectivity index (χ0) is 24.8. The lowest BCUT2D eigenvalue weighted by atomic mass is 10.1. The number of aromatic nitrogens is 4. The van der Waals surface area contributed by atoms with Crippen LogP contribution in [-0.2, 0) is 14.3 Å². The number of nitrogens with zero attached hydrogens (tertiary/aromatic N) is 5. The molecule has 1 aromatic carbocycles. The molecule has 0 radical (unpaired) electrons. The van der Waals surface area contributed by atoms with Crippen molar-refractivity contribution in [2.45, 2.75) is 13.8 Å². The van der Waals surface area contributed by atoms with Crippen molar-refractivity contribution in [1.82, 2.24) is 25.1 Å². The molecule has 0 aliphatic rings. The van der Waals surface area contributed by atoms with E-state index in [0.717, 1.165) is 11.3 Å². The third-order valence-corrected chi connectivity index (χ3v) is 5.70. The van der Waals surface area contributed by atoms with Gasteiger partial charge in [0.1, 0.15) is 11.3 Å². The normalized spacial score (nSPS) is 10.5. The number of hydrogen-bond acceptors (Lipinski definition) is 10. The molecule has 3 aromatic rings. The van der Waals surface area contributed by atoms with E-state index >= 15 is 0 Å². The Morgan fingerprint density at radius 1 is 1.15 bits per heavy atom. The van der Waals surface area contributed by atoms with Crippen LogP contribution in [-0.4, -0.2) is 76.2 Å². The quantitative estimate of drug-likeness (QED) is 0.470. The van der Waals surface area contributed by atoms with Crippen molar-refractivity contribution in [3.8, 4) is 5.69 Å². The first-order valence-corrected chi connectivity index (χ1v) is 10.9. The van der Waals surface area contributed by atoms with Gasteiger partial charge in [-0.3, -0.25) is 9.59 Å². The van der Waals surface area contributed by atoms with E-state index in [-0.39, 0.29) is 28.6 Å². The summed E-state index contributed by atoms with van der Waals surface area (Å²) in [4.78, 5) is 51.5. The van der Waals surface area contributed by atoms with Crippen LogP contribution in [0.1, 0.15) is 42.9 Å². The molecule has 13 heteroatoms. The first kappa shape index (κ1) is 24.5. The van der Waals surface area contributed by atoms with E-state index in [1.54, 1.807) is 40.1 Å². The largest absolute Gasteiger partial charge is 0.462 e. The standard InChI is InChI=1S/C21H22N6O6S/c1-5-32-21(31)16-12(2)17(19(29)26(3)4)34-18(16)23-15(28)10-33-20(30)13-7-6-8-14(9-13)27-11-22-24-25-27/h6-9,11H,5,10H2,1-4H3,(H,23,28). The fourth-order valence-electron chi connectivity index (χ4n) is 2.89. The lowest BCUT2D eigenvalue weighted by molar-refractivity contribution is -0.119. The van der Waals surface area contributed by atoms with Crippen molar-refractivity contribution < 1.29 is 28.7 Å². The van der Waals surface area contributed by atoms with E-state index in [0.29, 0.717) is 16.1 Å². The summed E-state index contributed by atoms with van der Waals surface area (Å²) in [6, 6.07) is 6.35. The number of amides is 2. The fraction of sp³-hybridized carbons (Fsp3) is 0.286. The zero-order valence-electron chi connectivity index (χ0n) is 18.9. The molecule has 0 spiro atoms. The first-order chi connectivity index (χ1) is 16.2. The van der Waals surface area contributed by atoms with Gasteiger partial charge in [0.25, 0.3) is 11.8 Å². The molecule has 2 amide bonds. The highest BCUT2D eigenvalue weighted by Crippen LogP contribution is 2.34. The summed E-state index contributed by atoms with van der Waals surface area (Å²) in [5, 5.41) is 13.5. The minimum absolute atomic E-state index is 0.0888. The van der Waals surface area contributed by atoms with Crippen LogP contribution in [0.3, 0.4) is 0 Å². The van der Waals surface area contributed by atoms with E-state index in [4.69, 9.17) is 9.47 Å². The first-order valence-electron chi connectivity index (χ1n) is 10.1. The summed E-state index contributed by atoms with van der Waals surface area (Å²) in [7, 11) is 3.16. The summed E-state index contributed by atoms with van der Waals surface area (Å²) in [5.74, 6) is -2.40. The van der Waals surface area contributed by atoms with Crippen LogP contribution in [0.5, 0.6) is 0 Å². The molecule has 12 nitrogen and oxygen atoms in total. The number of thiophene rings is 1. The van der Waals surface area contributed by atoms with E-state index in [1.165, 1.54) is 28.0 Å². The third kappa shape index (κ3) is 5.43. The second-order valence-electron chi connectivity index (χ2n) is 7.11. The second-order valence-corrected chi connectivity index (χ2v) is 8.13. The lowest BCUT2D eigenvalue weighted by Gasteiger charge is -2.09. The maximum atomic E-state index is 12.5. The fourth-order valence-corrected chi connectivity index (χ4v) is 4.12. The Labute approximate surface area is 198 Å². The van der Waals surface area contributed by atoms with E-state index in [2.05, 4.69) is 20.8 Å². The van der Waals surface area contributed by atoms with Gasteiger partial charge in [-0.1, -0.05) is 6.07 Å². The number of ether oxygens (including phenoxy) is 2. The number of carbonyl (C=O) groups is 4. The van der Waals surface area contributed by atoms with Gasteiger partial charge in [0.15, 0.2) is 6.61 Å². The Kier molecular flexibility index (Phi) is 7.68. The van der Waals surface area contributed by atoms with Crippen molar-refractivity contribution in [3.63, 3.8) is 0 Å². The van der Waals surface area contributed by atoms with Crippen LogP contribution in [0.4, 0.5) is 5.00 Å². The smallest absolute Gasteiger partial charge is 0.341 e. The van der Waals surface area contributed by atoms with Gasteiger partial charge in [-0.05, 0) is 48.0 Å². The topological polar surface area (TPSA) is 146 Å². The van der Waals surface area contributed by atoms with Crippen LogP contribution < -0.4 is 5.32 Å². The number of esters is 2. The van der Waals surface area contributed by atoms with E-state index in [1.807, 2.05) is 0 Å². The van der Waals surface area contributed by atoms with Crippen LogP contribution in [0.25, 0.3) is 5.69 Å². The SMILES string of the molecule is CCOC(=O)c1c(NC(=O)COC(=O)c2cccc(-n3cnnn3)c2)sc(C(=O)N(C)C)c1C. The van der Waals surface area contributed by atoms with Gasteiger partial charge < -0.3 is 19.7 Å². The molecular weight excluding hydrogens is 464 g/mol. The molecule has 0 unspecified atom stereocenters. The van der Waals surface area contributed by atoms with Gasteiger partial charge >= 0.3 is 11.9 Å². The predicted octanol–water partition coefficient (Wildman–Crippen LogP) is 1.71. The number of anilines is 1. The zero-order valence-corrected chi connectivity index (χ0v) is 19.7. The molecule has 178 valence electrons. The number of benzene rings is 1. The molecule has 0 atom stereocenters. The summed E-state index contributed by atoms with van der Waals surface area (Å²) >= 11 is 0.950. The van der Waals surface area contributed by atoms with Crippen molar-refractivity contribution in [2.24, 2.45) is 0 Å². The molecule has 0 aliphatic carbocycles. The molecule has 0 saturated carbocycles. The summed E-state index contributed by atoms with van der Waals surface area (Å²) in [5.41, 5.74) is 1.22.